The molecule has 1 heterocycles. The number of thiophene rings is 1. The molecule has 0 aliphatic heterocycles. The number of hydrazine groups is 1. The Labute approximate surface area is 104 Å². The second-order valence-corrected chi connectivity index (χ2v) is 5.18. The molecule has 0 amide bonds. The maximum atomic E-state index is 13.8. The number of halogens is 1. The van der Waals surface area contributed by atoms with Crippen LogP contribution in [0.1, 0.15) is 27.6 Å². The molecular formula is C13H15FN2S. The van der Waals surface area contributed by atoms with Crippen molar-refractivity contribution < 1.29 is 4.39 Å². The Morgan fingerprint density at radius 2 is 2.00 bits per heavy atom. The fourth-order valence-corrected chi connectivity index (χ4v) is 2.67. The Bertz CT molecular complexity index is 522. The third-order valence-corrected chi connectivity index (χ3v) is 3.70. The molecule has 0 saturated carbocycles. The summed E-state index contributed by atoms with van der Waals surface area (Å²) in [6, 6.07) is 6.76. The van der Waals surface area contributed by atoms with Gasteiger partial charge in [0, 0.05) is 10.4 Å². The van der Waals surface area contributed by atoms with Crippen molar-refractivity contribution in [3.05, 3.63) is 57.0 Å². The van der Waals surface area contributed by atoms with Crippen molar-refractivity contribution in [2.24, 2.45) is 5.84 Å². The van der Waals surface area contributed by atoms with Crippen LogP contribution in [0.5, 0.6) is 0 Å². The summed E-state index contributed by atoms with van der Waals surface area (Å²) in [4.78, 5) is 1.15. The maximum Gasteiger partial charge on any atom is 0.128 e. The Morgan fingerprint density at radius 3 is 2.59 bits per heavy atom. The Hall–Kier alpha value is -1.23. The highest BCUT2D eigenvalue weighted by molar-refractivity contribution is 7.10. The van der Waals surface area contributed by atoms with E-state index in [0.717, 1.165) is 16.0 Å². The summed E-state index contributed by atoms with van der Waals surface area (Å²) < 4.78 is 13.8. The first kappa shape index (κ1) is 12.2. The third kappa shape index (κ3) is 2.39. The van der Waals surface area contributed by atoms with Crippen molar-refractivity contribution in [2.75, 3.05) is 0 Å². The number of nitrogens with two attached hydrogens (primary N) is 1. The third-order valence-electron chi connectivity index (χ3n) is 2.84. The predicted octanol–water partition coefficient (Wildman–Crippen LogP) is 3.06. The molecule has 1 unspecified atom stereocenters. The van der Waals surface area contributed by atoms with E-state index in [4.69, 9.17) is 5.84 Å². The molecule has 2 rings (SSSR count). The number of hydrogen-bond acceptors (Lipinski definition) is 3. The normalized spacial score (nSPS) is 12.7. The van der Waals surface area contributed by atoms with E-state index in [2.05, 4.69) is 5.43 Å². The van der Waals surface area contributed by atoms with Crippen molar-refractivity contribution in [2.45, 2.75) is 19.9 Å². The Kier molecular flexibility index (Phi) is 3.57. The van der Waals surface area contributed by atoms with Gasteiger partial charge in [-0.1, -0.05) is 17.7 Å². The summed E-state index contributed by atoms with van der Waals surface area (Å²) >= 11 is 1.63. The summed E-state index contributed by atoms with van der Waals surface area (Å²) in [7, 11) is 0. The van der Waals surface area contributed by atoms with Crippen LogP contribution in [0.3, 0.4) is 0 Å². The predicted molar refractivity (Wildman–Crippen MR) is 69.4 cm³/mol. The van der Waals surface area contributed by atoms with Crippen LogP contribution < -0.4 is 11.3 Å². The van der Waals surface area contributed by atoms with Crippen LogP contribution in [0.25, 0.3) is 0 Å². The number of benzene rings is 1. The van der Waals surface area contributed by atoms with Gasteiger partial charge in [0.15, 0.2) is 0 Å². The SMILES string of the molecule is Cc1ccc(F)c(C(NN)c2ccsc2C)c1. The second-order valence-electron chi connectivity index (χ2n) is 4.06. The molecule has 17 heavy (non-hydrogen) atoms. The molecule has 0 saturated heterocycles. The summed E-state index contributed by atoms with van der Waals surface area (Å²) in [6.45, 7) is 3.95. The molecule has 0 aliphatic rings. The van der Waals surface area contributed by atoms with Crippen molar-refractivity contribution in [3.8, 4) is 0 Å². The number of aryl methyl sites for hydroxylation is 2. The molecule has 3 N–H and O–H groups in total. The first-order valence-electron chi connectivity index (χ1n) is 5.39. The molecule has 0 spiro atoms. The highest BCUT2D eigenvalue weighted by atomic mass is 32.1. The van der Waals surface area contributed by atoms with Gasteiger partial charge in [0.05, 0.1) is 6.04 Å². The lowest BCUT2D eigenvalue weighted by Crippen LogP contribution is -2.29. The molecule has 4 heteroatoms. The monoisotopic (exact) mass is 250 g/mol. The fraction of sp³-hybridized carbons (Fsp3) is 0.231. The van der Waals surface area contributed by atoms with Gasteiger partial charge < -0.3 is 0 Å². The largest absolute Gasteiger partial charge is 0.271 e. The van der Waals surface area contributed by atoms with Gasteiger partial charge in [-0.3, -0.25) is 5.84 Å². The molecule has 0 radical (unpaired) electrons. The molecule has 1 aromatic heterocycles. The highest BCUT2D eigenvalue weighted by Crippen LogP contribution is 2.29. The zero-order valence-electron chi connectivity index (χ0n) is 9.83. The lowest BCUT2D eigenvalue weighted by Gasteiger charge is -2.17. The summed E-state index contributed by atoms with van der Waals surface area (Å²) in [5, 5.41) is 1.99. The average molecular weight is 250 g/mol. The van der Waals surface area contributed by atoms with E-state index in [1.807, 2.05) is 31.4 Å². The van der Waals surface area contributed by atoms with E-state index in [-0.39, 0.29) is 11.9 Å². The molecule has 0 bridgehead atoms. The van der Waals surface area contributed by atoms with Crippen LogP contribution in [0.2, 0.25) is 0 Å². The van der Waals surface area contributed by atoms with E-state index >= 15 is 0 Å². The van der Waals surface area contributed by atoms with Crippen LogP contribution in [0, 0.1) is 19.7 Å². The van der Waals surface area contributed by atoms with Crippen molar-refractivity contribution in [1.82, 2.24) is 5.43 Å². The second kappa shape index (κ2) is 4.96. The van der Waals surface area contributed by atoms with E-state index < -0.39 is 0 Å². The van der Waals surface area contributed by atoms with Gasteiger partial charge in [-0.25, -0.2) is 9.82 Å². The van der Waals surface area contributed by atoms with Crippen molar-refractivity contribution >= 4 is 11.3 Å². The van der Waals surface area contributed by atoms with E-state index in [0.29, 0.717) is 5.56 Å². The van der Waals surface area contributed by atoms with E-state index in [9.17, 15) is 4.39 Å². The van der Waals surface area contributed by atoms with E-state index in [1.165, 1.54) is 6.07 Å². The topological polar surface area (TPSA) is 38.0 Å². The molecule has 0 aliphatic carbocycles. The molecule has 2 nitrogen and oxygen atoms in total. The molecule has 1 atom stereocenters. The van der Waals surface area contributed by atoms with Gasteiger partial charge in [0.1, 0.15) is 5.82 Å². The summed E-state index contributed by atoms with van der Waals surface area (Å²) in [5.41, 5.74) is 5.34. The Morgan fingerprint density at radius 1 is 1.24 bits per heavy atom. The zero-order valence-corrected chi connectivity index (χ0v) is 10.6. The van der Waals surface area contributed by atoms with Gasteiger partial charge in [-0.05, 0) is 36.9 Å². The van der Waals surface area contributed by atoms with Crippen LogP contribution in [0.15, 0.2) is 29.6 Å². The zero-order chi connectivity index (χ0) is 12.4. The summed E-state index contributed by atoms with van der Waals surface area (Å²) in [5.74, 6) is 5.34. The smallest absolute Gasteiger partial charge is 0.128 e. The van der Waals surface area contributed by atoms with Gasteiger partial charge >= 0.3 is 0 Å². The first-order chi connectivity index (χ1) is 8.13. The quantitative estimate of drug-likeness (QED) is 0.649. The lowest BCUT2D eigenvalue weighted by atomic mass is 9.98. The van der Waals surface area contributed by atoms with Crippen molar-refractivity contribution in [3.63, 3.8) is 0 Å². The molecule has 1 aromatic carbocycles. The van der Waals surface area contributed by atoms with Gasteiger partial charge in [0.25, 0.3) is 0 Å². The van der Waals surface area contributed by atoms with Gasteiger partial charge in [-0.2, -0.15) is 0 Å². The van der Waals surface area contributed by atoms with Crippen LogP contribution in [0.4, 0.5) is 4.39 Å². The number of hydrogen-bond donors (Lipinski definition) is 2. The minimum absolute atomic E-state index is 0.232. The van der Waals surface area contributed by atoms with Crippen LogP contribution in [-0.4, -0.2) is 0 Å². The minimum Gasteiger partial charge on any atom is -0.271 e. The van der Waals surface area contributed by atoms with Crippen LogP contribution >= 0.6 is 11.3 Å². The van der Waals surface area contributed by atoms with Crippen molar-refractivity contribution in [1.29, 1.82) is 0 Å². The first-order valence-corrected chi connectivity index (χ1v) is 6.27. The van der Waals surface area contributed by atoms with Gasteiger partial charge in [0.2, 0.25) is 0 Å². The lowest BCUT2D eigenvalue weighted by molar-refractivity contribution is 0.559. The highest BCUT2D eigenvalue weighted by Gasteiger charge is 2.18. The maximum absolute atomic E-state index is 13.8. The number of nitrogens with one attached hydrogen (secondary N) is 1. The van der Waals surface area contributed by atoms with Crippen LogP contribution in [-0.2, 0) is 0 Å². The fourth-order valence-electron chi connectivity index (χ4n) is 1.93. The Balaban J connectivity index is 2.49. The molecular weight excluding hydrogens is 235 g/mol. The minimum atomic E-state index is -0.291. The summed E-state index contributed by atoms with van der Waals surface area (Å²) in [6.07, 6.45) is 0. The standard InChI is InChI=1S/C13H15FN2S/c1-8-3-4-12(14)11(7-8)13(16-15)10-5-6-17-9(10)2/h3-7,13,16H,15H2,1-2H3. The molecule has 90 valence electrons. The average Bonchev–Trinajstić information content (AvgIpc) is 2.71. The van der Waals surface area contributed by atoms with E-state index in [1.54, 1.807) is 17.4 Å². The molecule has 0 fully saturated rings. The molecule has 2 aromatic rings. The van der Waals surface area contributed by atoms with Gasteiger partial charge in [-0.15, -0.1) is 11.3 Å². The number of rotatable bonds is 3.